The Kier molecular flexibility index (Phi) is 8.15. The summed E-state index contributed by atoms with van der Waals surface area (Å²) in [6, 6.07) is 31.5. The molecule has 4 aromatic rings. The Hall–Kier alpha value is -2.84. The number of allylic oxidation sites excluding steroid dienone is 2. The van der Waals surface area contributed by atoms with Crippen LogP contribution in [0, 0.1) is 0 Å². The van der Waals surface area contributed by atoms with Crippen LogP contribution in [-0.2, 0) is 31.7 Å². The van der Waals surface area contributed by atoms with E-state index in [4.69, 9.17) is 2.26 Å². The molecular formula is C35H32F3O3SSiZr. The summed E-state index contributed by atoms with van der Waals surface area (Å²) in [5.74, 6) is 0. The molecule has 0 bridgehead atoms. The van der Waals surface area contributed by atoms with Gasteiger partial charge in [-0.05, 0) is 0 Å². The summed E-state index contributed by atoms with van der Waals surface area (Å²) < 4.78 is 74.1. The number of rotatable bonds is 6. The molecule has 0 aliphatic heterocycles. The van der Waals surface area contributed by atoms with Gasteiger partial charge < -0.3 is 0 Å². The average Bonchev–Trinajstić information content (AvgIpc) is 3.51. The van der Waals surface area contributed by atoms with E-state index in [-0.39, 0.29) is 0 Å². The van der Waals surface area contributed by atoms with Crippen molar-refractivity contribution in [2.45, 2.75) is 39.7 Å². The van der Waals surface area contributed by atoms with Crippen LogP contribution in [0.15, 0.2) is 108 Å². The number of alkyl halides is 3. The summed E-state index contributed by atoms with van der Waals surface area (Å²) in [7, 11) is -5.89. The van der Waals surface area contributed by atoms with Gasteiger partial charge in [-0.15, -0.1) is 0 Å². The van der Waals surface area contributed by atoms with E-state index in [1.54, 1.807) is 0 Å². The molecule has 0 amide bonds. The average molecular weight is 709 g/mol. The van der Waals surface area contributed by atoms with Gasteiger partial charge >= 0.3 is 263 Å². The van der Waals surface area contributed by atoms with Crippen LogP contribution in [0.25, 0.3) is 34.4 Å². The summed E-state index contributed by atoms with van der Waals surface area (Å²) in [5.41, 5.74) is 1.94. The van der Waals surface area contributed by atoms with Gasteiger partial charge in [0.25, 0.3) is 0 Å². The van der Waals surface area contributed by atoms with E-state index in [1.807, 2.05) is 136 Å². The number of hydrogen-bond donors (Lipinski definition) is 0. The maximum absolute atomic E-state index is 14.3. The van der Waals surface area contributed by atoms with Crippen LogP contribution >= 0.6 is 0 Å². The molecule has 0 N–H and O–H groups in total. The van der Waals surface area contributed by atoms with Crippen molar-refractivity contribution in [2.24, 2.45) is 0 Å². The van der Waals surface area contributed by atoms with Gasteiger partial charge in [0, 0.05) is 0 Å². The Bertz CT molecular complexity index is 1880. The molecule has 44 heavy (non-hydrogen) atoms. The van der Waals surface area contributed by atoms with Crippen molar-refractivity contribution < 1.29 is 43.2 Å². The zero-order valence-electron chi connectivity index (χ0n) is 24.8. The summed E-state index contributed by atoms with van der Waals surface area (Å²) in [6.45, 7) is 7.75. The summed E-state index contributed by atoms with van der Waals surface area (Å²) in [5, 5.41) is 0. The maximum atomic E-state index is 14.3. The Morgan fingerprint density at radius 3 is 1.43 bits per heavy atom. The van der Waals surface area contributed by atoms with Gasteiger partial charge in [0.2, 0.25) is 0 Å². The molecule has 0 radical (unpaired) electrons. The van der Waals surface area contributed by atoms with Crippen molar-refractivity contribution in [3.63, 3.8) is 0 Å². The van der Waals surface area contributed by atoms with Crippen LogP contribution in [0.3, 0.4) is 0 Å². The van der Waals surface area contributed by atoms with E-state index in [2.05, 4.69) is 0 Å². The second kappa shape index (κ2) is 11.5. The Morgan fingerprint density at radius 1 is 0.659 bits per heavy atom. The predicted octanol–water partition coefficient (Wildman–Crippen LogP) is 9.82. The van der Waals surface area contributed by atoms with Gasteiger partial charge in [-0.1, -0.05) is 0 Å². The van der Waals surface area contributed by atoms with Crippen LogP contribution < -0.4 is 0 Å². The minimum absolute atomic E-state index is 0.524. The first-order valence-electron chi connectivity index (χ1n) is 14.4. The number of fused-ring (bicyclic) bond motifs is 2. The fourth-order valence-corrected chi connectivity index (χ4v) is 41.1. The van der Waals surface area contributed by atoms with Crippen molar-refractivity contribution >= 4 is 27.7 Å². The molecule has 9 heteroatoms. The van der Waals surface area contributed by atoms with E-state index in [0.29, 0.717) is 0 Å². The molecule has 0 fully saturated rings. The number of hydrogen-bond acceptors (Lipinski definition) is 3. The first-order chi connectivity index (χ1) is 20.9. The van der Waals surface area contributed by atoms with E-state index in [9.17, 15) is 21.6 Å². The number of halogens is 3. The quantitative estimate of drug-likeness (QED) is 0.148. The van der Waals surface area contributed by atoms with Crippen LogP contribution in [0.5, 0.6) is 0 Å². The number of benzene rings is 4. The minimum atomic E-state index is -5.89. The van der Waals surface area contributed by atoms with Crippen molar-refractivity contribution in [2.75, 3.05) is 0 Å². The molecule has 2 unspecified atom stereocenters. The third kappa shape index (κ3) is 5.06. The van der Waals surface area contributed by atoms with E-state index in [0.717, 1.165) is 55.7 Å². The molecule has 2 aliphatic carbocycles. The van der Waals surface area contributed by atoms with E-state index in [1.165, 1.54) is 0 Å². The second-order valence-electron chi connectivity index (χ2n) is 11.8. The summed E-state index contributed by atoms with van der Waals surface area (Å²) >= 11 is -5.12. The summed E-state index contributed by atoms with van der Waals surface area (Å²) in [4.78, 5) is 0. The van der Waals surface area contributed by atoms with Crippen molar-refractivity contribution in [3.05, 3.63) is 130 Å². The molecule has 0 aromatic heterocycles. The molecular weight excluding hydrogens is 677 g/mol. The molecule has 2 atom stereocenters. The molecule has 3 nitrogen and oxygen atoms in total. The SMILES string of the molecule is CC1=Cc2c(-c3ccccc3)cccc2[CH]1[Zr]([O]S(=O)(=O)C(F)(F)F)([CH]1C(C)=Cc2c(-c3ccccc3)cccc21)=[Si](C)C. The van der Waals surface area contributed by atoms with Gasteiger partial charge in [-0.3, -0.25) is 0 Å². The summed E-state index contributed by atoms with van der Waals surface area (Å²) in [6.07, 6.45) is 4.08. The molecule has 0 saturated heterocycles. The van der Waals surface area contributed by atoms with E-state index < -0.39 is 47.6 Å². The van der Waals surface area contributed by atoms with Crippen molar-refractivity contribution in [3.8, 4) is 22.3 Å². The first-order valence-corrected chi connectivity index (χ1v) is 25.9. The normalized spacial score (nSPS) is 19.1. The van der Waals surface area contributed by atoms with Crippen LogP contribution in [0.4, 0.5) is 13.2 Å². The van der Waals surface area contributed by atoms with Gasteiger partial charge in [0.1, 0.15) is 0 Å². The first kappa shape index (κ1) is 31.2. The Labute approximate surface area is 261 Å². The molecule has 0 heterocycles. The zero-order chi connectivity index (χ0) is 31.4. The molecule has 225 valence electrons. The van der Waals surface area contributed by atoms with E-state index >= 15 is 0 Å². The van der Waals surface area contributed by atoms with Crippen molar-refractivity contribution in [1.29, 1.82) is 0 Å². The van der Waals surface area contributed by atoms with Gasteiger partial charge in [-0.25, -0.2) is 0 Å². The molecule has 6 rings (SSSR count). The molecule has 0 saturated carbocycles. The second-order valence-corrected chi connectivity index (χ2v) is 35.3. The van der Waals surface area contributed by atoms with Gasteiger partial charge in [0.05, 0.1) is 0 Å². The third-order valence-electron chi connectivity index (χ3n) is 8.90. The Morgan fingerprint density at radius 2 is 1.07 bits per heavy atom. The molecule has 4 aromatic carbocycles. The topological polar surface area (TPSA) is 43.4 Å². The fraction of sp³-hybridized carbons (Fsp3) is 0.200. The van der Waals surface area contributed by atoms with Crippen molar-refractivity contribution in [1.82, 2.24) is 0 Å². The van der Waals surface area contributed by atoms with Gasteiger partial charge in [-0.2, -0.15) is 0 Å². The van der Waals surface area contributed by atoms with Crippen LogP contribution in [0.2, 0.25) is 13.1 Å². The third-order valence-corrected chi connectivity index (χ3v) is 39.6. The standard InChI is InChI=1S/2C16H13.C2H6Si.CHF3O3S.Zr/c2*1-12-10-14-8-5-9-15(16(14)11-12)13-6-3-2-4-7-13;1-3-2;2-1(3,4)8(5,6)7;/h2*2-11H,1H3;1-2H3;(H,5,6,7);/q;;;;+1/p-1. The monoisotopic (exact) mass is 707 g/mol. The van der Waals surface area contributed by atoms with Crippen LogP contribution in [0.1, 0.15) is 43.4 Å². The molecule has 0 spiro atoms. The predicted molar refractivity (Wildman–Crippen MR) is 170 cm³/mol. The Balaban J connectivity index is 1.65. The fourth-order valence-electron chi connectivity index (χ4n) is 7.13. The molecule has 2 aliphatic rings. The zero-order valence-corrected chi connectivity index (χ0v) is 29.1. The van der Waals surface area contributed by atoms with Gasteiger partial charge in [0.15, 0.2) is 0 Å². The van der Waals surface area contributed by atoms with Crippen LogP contribution in [-0.4, -0.2) is 19.4 Å².